The van der Waals surface area contributed by atoms with Crippen LogP contribution in [0.1, 0.15) is 30.9 Å². The summed E-state index contributed by atoms with van der Waals surface area (Å²) < 4.78 is 6.53. The molecule has 0 radical (unpaired) electrons. The van der Waals surface area contributed by atoms with E-state index in [1.54, 1.807) is 36.9 Å². The molecule has 0 spiro atoms. The number of hydrogen-bond donors (Lipinski definition) is 0. The Balaban J connectivity index is 1.58. The molecule has 1 aliphatic heterocycles. The van der Waals surface area contributed by atoms with Crippen LogP contribution in [0.15, 0.2) is 64.3 Å². The second-order valence-electron chi connectivity index (χ2n) is 6.58. The van der Waals surface area contributed by atoms with Gasteiger partial charge in [0.25, 0.3) is 5.56 Å². The molecule has 0 aromatic carbocycles. The molecule has 1 saturated heterocycles. The third-order valence-electron chi connectivity index (χ3n) is 4.82. The number of nitrogens with zero attached hydrogens (tertiary/aromatic N) is 4. The zero-order chi connectivity index (χ0) is 18.6. The van der Waals surface area contributed by atoms with Gasteiger partial charge in [-0.1, -0.05) is 6.07 Å². The molecule has 0 unspecified atom stereocenters. The molecule has 7 heteroatoms. The highest BCUT2D eigenvalue weighted by Gasteiger charge is 2.28. The van der Waals surface area contributed by atoms with E-state index in [1.807, 2.05) is 17.0 Å². The summed E-state index contributed by atoms with van der Waals surface area (Å²) in [6.45, 7) is 0.579. The lowest BCUT2D eigenvalue weighted by Gasteiger charge is -2.36. The second-order valence-corrected chi connectivity index (χ2v) is 6.58. The van der Waals surface area contributed by atoms with E-state index in [0.717, 1.165) is 24.8 Å². The summed E-state index contributed by atoms with van der Waals surface area (Å²) in [6.07, 6.45) is 7.99. The number of likely N-dealkylation sites (tertiary alicyclic amines) is 1. The maximum atomic E-state index is 13.0. The zero-order valence-corrected chi connectivity index (χ0v) is 14.8. The minimum Gasteiger partial charge on any atom is -0.463 e. The third kappa shape index (κ3) is 3.67. The summed E-state index contributed by atoms with van der Waals surface area (Å²) in [4.78, 5) is 31.2. The lowest BCUT2D eigenvalue weighted by molar-refractivity contribution is -0.136. The summed E-state index contributed by atoms with van der Waals surface area (Å²) in [7, 11) is 0. The van der Waals surface area contributed by atoms with Crippen LogP contribution in [0.4, 0.5) is 0 Å². The Morgan fingerprint density at radius 2 is 2.11 bits per heavy atom. The monoisotopic (exact) mass is 364 g/mol. The van der Waals surface area contributed by atoms with Crippen molar-refractivity contribution in [3.05, 3.63) is 71.0 Å². The smallest absolute Gasteiger partial charge is 0.267 e. The van der Waals surface area contributed by atoms with Crippen molar-refractivity contribution in [1.82, 2.24) is 19.7 Å². The van der Waals surface area contributed by atoms with Gasteiger partial charge in [-0.25, -0.2) is 4.68 Å². The van der Waals surface area contributed by atoms with Crippen LogP contribution in [-0.4, -0.2) is 32.1 Å². The SMILES string of the molecule is O=C(Cn1nc(-c2ccco2)ccc1=O)N1CCCC[C@H]1c1cccnc1. The molecule has 138 valence electrons. The lowest BCUT2D eigenvalue weighted by Crippen LogP contribution is -2.42. The fourth-order valence-corrected chi connectivity index (χ4v) is 3.49. The quantitative estimate of drug-likeness (QED) is 0.711. The van der Waals surface area contributed by atoms with Gasteiger partial charge in [0, 0.05) is 25.0 Å². The van der Waals surface area contributed by atoms with E-state index >= 15 is 0 Å². The van der Waals surface area contributed by atoms with Crippen LogP contribution in [0.5, 0.6) is 0 Å². The number of amides is 1. The molecule has 0 aliphatic carbocycles. The number of carbonyl (C=O) groups excluding carboxylic acids is 1. The average molecular weight is 364 g/mol. The van der Waals surface area contributed by atoms with Gasteiger partial charge in [0.1, 0.15) is 12.2 Å². The molecule has 1 fully saturated rings. The van der Waals surface area contributed by atoms with Gasteiger partial charge in [0.05, 0.1) is 12.3 Å². The zero-order valence-electron chi connectivity index (χ0n) is 14.8. The molecule has 1 amide bonds. The van der Waals surface area contributed by atoms with Crippen LogP contribution in [-0.2, 0) is 11.3 Å². The van der Waals surface area contributed by atoms with Crippen molar-refractivity contribution in [2.75, 3.05) is 6.54 Å². The molecule has 4 rings (SSSR count). The fourth-order valence-electron chi connectivity index (χ4n) is 3.49. The normalized spacial score (nSPS) is 17.0. The standard InChI is InChI=1S/C20H20N4O3/c25-19-9-8-16(18-7-4-12-27-18)22-24(19)14-20(26)23-11-2-1-6-17(23)15-5-3-10-21-13-15/h3-5,7-10,12-13,17H,1-2,6,11,14H2/t17-/m0/s1. The van der Waals surface area contributed by atoms with Crippen LogP contribution >= 0.6 is 0 Å². The molecule has 3 aromatic rings. The highest BCUT2D eigenvalue weighted by molar-refractivity contribution is 5.76. The second kappa shape index (κ2) is 7.57. The van der Waals surface area contributed by atoms with Crippen LogP contribution < -0.4 is 5.56 Å². The number of furan rings is 1. The Labute approximate surface area is 156 Å². The third-order valence-corrected chi connectivity index (χ3v) is 4.82. The first kappa shape index (κ1) is 17.2. The molecule has 0 N–H and O–H groups in total. The van der Waals surface area contributed by atoms with E-state index in [9.17, 15) is 9.59 Å². The summed E-state index contributed by atoms with van der Waals surface area (Å²) >= 11 is 0. The van der Waals surface area contributed by atoms with Crippen LogP contribution in [0.25, 0.3) is 11.5 Å². The van der Waals surface area contributed by atoms with E-state index in [4.69, 9.17) is 4.42 Å². The number of carbonyl (C=O) groups is 1. The van der Waals surface area contributed by atoms with Crippen molar-refractivity contribution in [2.45, 2.75) is 31.8 Å². The van der Waals surface area contributed by atoms with Gasteiger partial charge in [0.2, 0.25) is 5.91 Å². The van der Waals surface area contributed by atoms with Gasteiger partial charge in [-0.15, -0.1) is 0 Å². The highest BCUT2D eigenvalue weighted by Crippen LogP contribution is 2.30. The van der Waals surface area contributed by atoms with Crippen molar-refractivity contribution in [2.24, 2.45) is 0 Å². The molecular formula is C20H20N4O3. The van der Waals surface area contributed by atoms with Gasteiger partial charge in [-0.05, 0) is 49.1 Å². The predicted octanol–water partition coefficient (Wildman–Crippen LogP) is 2.65. The molecule has 7 nitrogen and oxygen atoms in total. The molecule has 3 aromatic heterocycles. The maximum Gasteiger partial charge on any atom is 0.267 e. The van der Waals surface area contributed by atoms with E-state index in [-0.39, 0.29) is 24.1 Å². The highest BCUT2D eigenvalue weighted by atomic mass is 16.3. The summed E-state index contributed by atoms with van der Waals surface area (Å²) in [5, 5.41) is 4.30. The van der Waals surface area contributed by atoms with Gasteiger partial charge >= 0.3 is 0 Å². The molecule has 1 atom stereocenters. The van der Waals surface area contributed by atoms with Gasteiger partial charge in [-0.2, -0.15) is 5.10 Å². The average Bonchev–Trinajstić information content (AvgIpc) is 3.25. The molecular weight excluding hydrogens is 344 g/mol. The largest absolute Gasteiger partial charge is 0.463 e. The summed E-state index contributed by atoms with van der Waals surface area (Å²) in [6, 6.07) is 10.4. The molecule has 27 heavy (non-hydrogen) atoms. The first-order valence-corrected chi connectivity index (χ1v) is 9.04. The van der Waals surface area contributed by atoms with Gasteiger partial charge in [-0.3, -0.25) is 14.6 Å². The number of hydrogen-bond acceptors (Lipinski definition) is 5. The Hall–Kier alpha value is -3.22. The number of piperidine rings is 1. The first-order chi connectivity index (χ1) is 13.2. The van der Waals surface area contributed by atoms with Crippen molar-refractivity contribution in [1.29, 1.82) is 0 Å². The number of aromatic nitrogens is 3. The van der Waals surface area contributed by atoms with E-state index in [2.05, 4.69) is 10.1 Å². The first-order valence-electron chi connectivity index (χ1n) is 9.04. The van der Waals surface area contributed by atoms with E-state index < -0.39 is 0 Å². The van der Waals surface area contributed by atoms with Gasteiger partial charge < -0.3 is 9.32 Å². The van der Waals surface area contributed by atoms with Crippen molar-refractivity contribution in [3.63, 3.8) is 0 Å². The van der Waals surface area contributed by atoms with E-state index in [0.29, 0.717) is 18.0 Å². The van der Waals surface area contributed by atoms with Crippen molar-refractivity contribution < 1.29 is 9.21 Å². The Kier molecular flexibility index (Phi) is 4.82. The van der Waals surface area contributed by atoms with Crippen molar-refractivity contribution >= 4 is 5.91 Å². The van der Waals surface area contributed by atoms with Gasteiger partial charge in [0.15, 0.2) is 5.76 Å². The van der Waals surface area contributed by atoms with Crippen LogP contribution in [0, 0.1) is 0 Å². The van der Waals surface area contributed by atoms with Crippen LogP contribution in [0.2, 0.25) is 0 Å². The Morgan fingerprint density at radius 1 is 1.19 bits per heavy atom. The van der Waals surface area contributed by atoms with Crippen LogP contribution in [0.3, 0.4) is 0 Å². The van der Waals surface area contributed by atoms with E-state index in [1.165, 1.54) is 10.7 Å². The minimum absolute atomic E-state index is 0.0103. The minimum atomic E-state index is -0.311. The fraction of sp³-hybridized carbons (Fsp3) is 0.300. The summed E-state index contributed by atoms with van der Waals surface area (Å²) in [5.41, 5.74) is 1.23. The molecule has 4 heterocycles. The predicted molar refractivity (Wildman–Crippen MR) is 98.7 cm³/mol. The Morgan fingerprint density at radius 3 is 2.89 bits per heavy atom. The summed E-state index contributed by atoms with van der Waals surface area (Å²) in [5.74, 6) is 0.442. The molecule has 0 saturated carbocycles. The topological polar surface area (TPSA) is 81.2 Å². The van der Waals surface area contributed by atoms with Crippen molar-refractivity contribution in [3.8, 4) is 11.5 Å². The molecule has 0 bridgehead atoms. The number of rotatable bonds is 4. The lowest BCUT2D eigenvalue weighted by atomic mass is 9.96. The maximum absolute atomic E-state index is 13.0. The Bertz CT molecular complexity index is 966. The number of pyridine rings is 1. The molecule has 1 aliphatic rings.